The Morgan fingerprint density at radius 1 is 0.750 bits per heavy atom. The number of nitrogens with zero attached hydrogens (tertiary/aromatic N) is 1. The molecule has 1 saturated carbocycles. The summed E-state index contributed by atoms with van der Waals surface area (Å²) in [6, 6.07) is 0.0117. The van der Waals surface area contributed by atoms with Crippen LogP contribution in [0.3, 0.4) is 0 Å². The van der Waals surface area contributed by atoms with Crippen LogP contribution in [0.5, 0.6) is 0 Å². The van der Waals surface area contributed by atoms with Gasteiger partial charge < -0.3 is 5.11 Å². The van der Waals surface area contributed by atoms with Gasteiger partial charge in [-0.3, -0.25) is 0 Å². The van der Waals surface area contributed by atoms with Crippen LogP contribution in [-0.4, -0.2) is 22.3 Å². The number of carboxylic acid groups (broad SMARTS) is 1. The number of nitrogens with two attached hydrogens (primary N) is 1. The molecule has 1 aliphatic rings. The fourth-order valence-corrected chi connectivity index (χ4v) is 3.11. The average molecular weight is 284 g/mol. The Balaban J connectivity index is 2.37. The van der Waals surface area contributed by atoms with E-state index in [1.54, 1.807) is 0 Å². The minimum atomic E-state index is -0.993. The minimum absolute atomic E-state index is 0.0117. The van der Waals surface area contributed by atoms with E-state index in [9.17, 15) is 4.79 Å². The Kier molecular flexibility index (Phi) is 9.46. The quantitative estimate of drug-likeness (QED) is 0.417. The average Bonchev–Trinajstić information content (AvgIpc) is 2.44. The fraction of sp³-hybridized carbons (Fsp3) is 0.938. The predicted octanol–water partition coefficient (Wildman–Crippen LogP) is 4.68. The molecule has 0 unspecified atom stereocenters. The molecule has 0 spiro atoms. The number of hydrogen-bond donors (Lipinski definition) is 2. The van der Waals surface area contributed by atoms with Crippen molar-refractivity contribution in [1.29, 1.82) is 0 Å². The van der Waals surface area contributed by atoms with E-state index in [2.05, 4.69) is 0 Å². The molecule has 4 heteroatoms. The molecule has 0 bridgehead atoms. The Labute approximate surface area is 123 Å². The lowest BCUT2D eigenvalue weighted by Crippen LogP contribution is -2.44. The zero-order valence-corrected chi connectivity index (χ0v) is 12.9. The predicted molar refractivity (Wildman–Crippen MR) is 82.5 cm³/mol. The summed E-state index contributed by atoms with van der Waals surface area (Å²) < 4.78 is 0. The van der Waals surface area contributed by atoms with Crippen molar-refractivity contribution < 1.29 is 9.90 Å². The maximum Gasteiger partial charge on any atom is 0.421 e. The van der Waals surface area contributed by atoms with E-state index in [0.717, 1.165) is 30.7 Å². The normalized spacial score (nSPS) is 21.6. The summed E-state index contributed by atoms with van der Waals surface area (Å²) in [6.45, 7) is 0. The molecule has 0 aromatic rings. The molecule has 0 aromatic carbocycles. The largest absolute Gasteiger partial charge is 0.464 e. The molecule has 3 N–H and O–H groups in total. The molecule has 1 fully saturated rings. The lowest BCUT2D eigenvalue weighted by molar-refractivity contribution is 0.117. The molecule has 1 aliphatic carbocycles. The van der Waals surface area contributed by atoms with Gasteiger partial charge in [-0.2, -0.15) is 0 Å². The van der Waals surface area contributed by atoms with Crippen LogP contribution in [0.2, 0.25) is 0 Å². The second-order valence-corrected chi connectivity index (χ2v) is 6.16. The van der Waals surface area contributed by atoms with Gasteiger partial charge in [0.15, 0.2) is 0 Å². The van der Waals surface area contributed by atoms with Gasteiger partial charge in [0.05, 0.1) is 6.04 Å². The Morgan fingerprint density at radius 3 is 1.35 bits per heavy atom. The lowest BCUT2D eigenvalue weighted by atomic mass is 10.0. The van der Waals surface area contributed by atoms with Crippen LogP contribution in [0.4, 0.5) is 4.79 Å². The monoisotopic (exact) mass is 284 g/mol. The number of rotatable bonds is 1. The van der Waals surface area contributed by atoms with Crippen molar-refractivity contribution in [3.05, 3.63) is 0 Å². The summed E-state index contributed by atoms with van der Waals surface area (Å²) in [6.07, 6.45) is 16.2. The first kappa shape index (κ1) is 17.3. The second-order valence-electron chi connectivity index (χ2n) is 6.16. The van der Waals surface area contributed by atoms with Gasteiger partial charge in [-0.05, 0) is 12.8 Å². The molecular weight excluding hydrogens is 252 g/mol. The van der Waals surface area contributed by atoms with Crippen molar-refractivity contribution in [2.24, 2.45) is 5.84 Å². The van der Waals surface area contributed by atoms with Crippen LogP contribution < -0.4 is 5.84 Å². The van der Waals surface area contributed by atoms with Crippen molar-refractivity contribution in [3.63, 3.8) is 0 Å². The van der Waals surface area contributed by atoms with Crippen LogP contribution in [0.1, 0.15) is 89.9 Å². The highest BCUT2D eigenvalue weighted by Gasteiger charge is 2.19. The second kappa shape index (κ2) is 11.0. The maximum atomic E-state index is 11.0. The van der Waals surface area contributed by atoms with Gasteiger partial charge in [-0.15, -0.1) is 0 Å². The van der Waals surface area contributed by atoms with Crippen LogP contribution in [0.15, 0.2) is 0 Å². The van der Waals surface area contributed by atoms with Gasteiger partial charge >= 0.3 is 6.09 Å². The molecule has 0 aliphatic heterocycles. The Morgan fingerprint density at radius 2 is 1.05 bits per heavy atom. The Hall–Kier alpha value is -0.770. The first-order valence-electron chi connectivity index (χ1n) is 8.48. The summed E-state index contributed by atoms with van der Waals surface area (Å²) in [5.74, 6) is 5.69. The fourth-order valence-electron chi connectivity index (χ4n) is 3.11. The third-order valence-corrected chi connectivity index (χ3v) is 4.44. The molecule has 0 atom stereocenters. The van der Waals surface area contributed by atoms with Gasteiger partial charge in [0.1, 0.15) is 0 Å². The number of hydrazine groups is 1. The lowest BCUT2D eigenvalue weighted by Gasteiger charge is -2.25. The number of amides is 1. The summed E-state index contributed by atoms with van der Waals surface area (Å²) in [5.41, 5.74) is 0. The van der Waals surface area contributed by atoms with Crippen LogP contribution in [0, 0.1) is 0 Å². The van der Waals surface area contributed by atoms with Crippen LogP contribution in [0.25, 0.3) is 0 Å². The molecule has 0 saturated heterocycles. The highest BCUT2D eigenvalue weighted by Crippen LogP contribution is 2.19. The molecule has 118 valence electrons. The SMILES string of the molecule is NN(C(=O)O)C1CCCCCCCCCCCCCC1. The van der Waals surface area contributed by atoms with Crippen molar-refractivity contribution in [2.45, 2.75) is 95.9 Å². The van der Waals surface area contributed by atoms with E-state index in [0.29, 0.717) is 0 Å². The standard InChI is InChI=1S/C16H32N2O2/c17-18(16(19)20)15-13-11-9-7-5-3-1-2-4-6-8-10-12-14-15/h15H,1-14,17H2,(H,19,20). The molecular formula is C16H32N2O2. The smallest absolute Gasteiger partial charge is 0.421 e. The summed E-state index contributed by atoms with van der Waals surface area (Å²) in [5, 5.41) is 10.1. The number of carbonyl (C=O) groups is 1. The van der Waals surface area contributed by atoms with Crippen molar-refractivity contribution in [3.8, 4) is 0 Å². The molecule has 0 radical (unpaired) electrons. The minimum Gasteiger partial charge on any atom is -0.464 e. The van der Waals surface area contributed by atoms with E-state index in [1.807, 2.05) is 0 Å². The molecule has 1 rings (SSSR count). The van der Waals surface area contributed by atoms with Gasteiger partial charge in [-0.25, -0.2) is 15.6 Å². The zero-order chi connectivity index (χ0) is 14.6. The van der Waals surface area contributed by atoms with Gasteiger partial charge in [-0.1, -0.05) is 77.0 Å². The third kappa shape index (κ3) is 7.73. The summed E-state index contributed by atoms with van der Waals surface area (Å²) in [4.78, 5) is 11.0. The third-order valence-electron chi connectivity index (χ3n) is 4.44. The van der Waals surface area contributed by atoms with Gasteiger partial charge in [0.25, 0.3) is 0 Å². The van der Waals surface area contributed by atoms with E-state index < -0.39 is 6.09 Å². The van der Waals surface area contributed by atoms with Crippen LogP contribution in [-0.2, 0) is 0 Å². The molecule has 1 amide bonds. The molecule has 0 heterocycles. The summed E-state index contributed by atoms with van der Waals surface area (Å²) in [7, 11) is 0. The highest BCUT2D eigenvalue weighted by molar-refractivity contribution is 5.64. The van der Waals surface area contributed by atoms with E-state index >= 15 is 0 Å². The van der Waals surface area contributed by atoms with Crippen molar-refractivity contribution in [1.82, 2.24) is 5.01 Å². The van der Waals surface area contributed by atoms with E-state index in [-0.39, 0.29) is 6.04 Å². The number of hydrogen-bond acceptors (Lipinski definition) is 2. The molecule has 4 nitrogen and oxygen atoms in total. The highest BCUT2D eigenvalue weighted by atomic mass is 16.4. The Bertz CT molecular complexity index is 243. The molecule has 0 aromatic heterocycles. The first-order chi connectivity index (χ1) is 9.72. The topological polar surface area (TPSA) is 66.6 Å². The van der Waals surface area contributed by atoms with Crippen LogP contribution >= 0.6 is 0 Å². The first-order valence-corrected chi connectivity index (χ1v) is 8.48. The summed E-state index contributed by atoms with van der Waals surface area (Å²) >= 11 is 0. The zero-order valence-electron chi connectivity index (χ0n) is 12.9. The van der Waals surface area contributed by atoms with E-state index in [1.165, 1.54) is 64.2 Å². The van der Waals surface area contributed by atoms with Gasteiger partial charge in [0, 0.05) is 0 Å². The van der Waals surface area contributed by atoms with Gasteiger partial charge in [0.2, 0.25) is 0 Å². The molecule has 20 heavy (non-hydrogen) atoms. The van der Waals surface area contributed by atoms with Crippen molar-refractivity contribution >= 4 is 6.09 Å². The van der Waals surface area contributed by atoms with E-state index in [4.69, 9.17) is 10.9 Å². The maximum absolute atomic E-state index is 11.0. The van der Waals surface area contributed by atoms with Crippen molar-refractivity contribution in [2.75, 3.05) is 0 Å².